The first-order valence-electron chi connectivity index (χ1n) is 7.30. The van der Waals surface area contributed by atoms with Gasteiger partial charge in [-0.2, -0.15) is 0 Å². The smallest absolute Gasteiger partial charge is 0.0197 e. The molecule has 1 rings (SSSR count). The number of hydrogen-bond donors (Lipinski definition) is 1. The van der Waals surface area contributed by atoms with Crippen LogP contribution in [0.15, 0.2) is 0 Å². The zero-order valence-corrected chi connectivity index (χ0v) is 12.2. The molecule has 0 aromatic rings. The Morgan fingerprint density at radius 1 is 1.35 bits per heavy atom. The van der Waals surface area contributed by atoms with Crippen molar-refractivity contribution >= 4 is 0 Å². The van der Waals surface area contributed by atoms with E-state index in [1.807, 2.05) is 0 Å². The average Bonchev–Trinajstić information content (AvgIpc) is 2.45. The third-order valence-corrected chi connectivity index (χ3v) is 3.89. The van der Waals surface area contributed by atoms with Crippen molar-refractivity contribution in [1.82, 2.24) is 15.1 Å². The number of rotatable bonds is 6. The molecular formula is C14H31N3. The standard InChI is InChI=1S/C14H31N3/c1-5-15-9-6-8-13(2)17-11-7-10-16(4)12-14(17)3/h13-15H,5-12H2,1-4H3. The lowest BCUT2D eigenvalue weighted by Gasteiger charge is -2.33. The molecule has 0 aromatic heterocycles. The second-order valence-electron chi connectivity index (χ2n) is 5.55. The van der Waals surface area contributed by atoms with Crippen LogP contribution >= 0.6 is 0 Å². The molecule has 17 heavy (non-hydrogen) atoms. The van der Waals surface area contributed by atoms with Crippen LogP contribution in [0.2, 0.25) is 0 Å². The maximum Gasteiger partial charge on any atom is 0.0197 e. The fourth-order valence-corrected chi connectivity index (χ4v) is 2.91. The van der Waals surface area contributed by atoms with Crippen molar-refractivity contribution in [3.8, 4) is 0 Å². The topological polar surface area (TPSA) is 18.5 Å². The third kappa shape index (κ3) is 5.36. The second kappa shape index (κ2) is 8.06. The van der Waals surface area contributed by atoms with E-state index in [2.05, 4.69) is 42.9 Å². The molecule has 2 unspecified atom stereocenters. The highest BCUT2D eigenvalue weighted by Gasteiger charge is 2.23. The van der Waals surface area contributed by atoms with Crippen molar-refractivity contribution in [1.29, 1.82) is 0 Å². The Hall–Kier alpha value is -0.120. The summed E-state index contributed by atoms with van der Waals surface area (Å²) in [6.07, 6.45) is 3.94. The highest BCUT2D eigenvalue weighted by atomic mass is 15.2. The van der Waals surface area contributed by atoms with Crippen molar-refractivity contribution in [2.45, 2.75) is 52.1 Å². The lowest BCUT2D eigenvalue weighted by Crippen LogP contribution is -2.43. The van der Waals surface area contributed by atoms with Crippen LogP contribution in [0.25, 0.3) is 0 Å². The first-order valence-corrected chi connectivity index (χ1v) is 7.30. The fourth-order valence-electron chi connectivity index (χ4n) is 2.91. The van der Waals surface area contributed by atoms with Crippen LogP contribution in [0.5, 0.6) is 0 Å². The largest absolute Gasteiger partial charge is 0.317 e. The summed E-state index contributed by atoms with van der Waals surface area (Å²) in [5, 5.41) is 3.41. The van der Waals surface area contributed by atoms with Gasteiger partial charge in [0.25, 0.3) is 0 Å². The highest BCUT2D eigenvalue weighted by Crippen LogP contribution is 2.15. The Bertz CT molecular complexity index is 196. The first kappa shape index (κ1) is 14.9. The van der Waals surface area contributed by atoms with E-state index < -0.39 is 0 Å². The van der Waals surface area contributed by atoms with E-state index in [1.54, 1.807) is 0 Å². The highest BCUT2D eigenvalue weighted by molar-refractivity contribution is 4.79. The lowest BCUT2D eigenvalue weighted by atomic mass is 10.1. The predicted octanol–water partition coefficient (Wildman–Crippen LogP) is 1.79. The minimum absolute atomic E-state index is 0.705. The van der Waals surface area contributed by atoms with Crippen LogP contribution in [0.3, 0.4) is 0 Å². The van der Waals surface area contributed by atoms with E-state index in [-0.39, 0.29) is 0 Å². The van der Waals surface area contributed by atoms with Crippen LogP contribution in [0.4, 0.5) is 0 Å². The summed E-state index contributed by atoms with van der Waals surface area (Å²) in [6, 6.07) is 1.44. The SMILES string of the molecule is CCNCCCC(C)N1CCCN(C)CC1C. The van der Waals surface area contributed by atoms with Gasteiger partial charge < -0.3 is 10.2 Å². The Balaban J connectivity index is 2.30. The van der Waals surface area contributed by atoms with E-state index >= 15 is 0 Å². The van der Waals surface area contributed by atoms with Crippen LogP contribution in [-0.4, -0.2) is 61.7 Å². The Morgan fingerprint density at radius 3 is 2.82 bits per heavy atom. The van der Waals surface area contributed by atoms with Gasteiger partial charge in [-0.25, -0.2) is 0 Å². The maximum absolute atomic E-state index is 3.41. The molecular weight excluding hydrogens is 210 g/mol. The molecule has 1 aliphatic rings. The third-order valence-electron chi connectivity index (χ3n) is 3.89. The molecule has 0 saturated carbocycles. The molecule has 0 bridgehead atoms. The summed E-state index contributed by atoms with van der Waals surface area (Å²) < 4.78 is 0. The van der Waals surface area contributed by atoms with Gasteiger partial charge in [0.05, 0.1) is 0 Å². The molecule has 0 aromatic carbocycles. The zero-order valence-electron chi connectivity index (χ0n) is 12.2. The van der Waals surface area contributed by atoms with E-state index in [0.717, 1.165) is 12.6 Å². The molecule has 0 spiro atoms. The quantitative estimate of drug-likeness (QED) is 0.715. The number of nitrogens with zero attached hydrogens (tertiary/aromatic N) is 2. The molecule has 0 aliphatic carbocycles. The second-order valence-corrected chi connectivity index (χ2v) is 5.55. The monoisotopic (exact) mass is 241 g/mol. The molecule has 3 nitrogen and oxygen atoms in total. The van der Waals surface area contributed by atoms with Gasteiger partial charge in [0, 0.05) is 18.6 Å². The Kier molecular flexibility index (Phi) is 7.09. The molecule has 2 atom stereocenters. The van der Waals surface area contributed by atoms with Crippen molar-refractivity contribution < 1.29 is 0 Å². The maximum atomic E-state index is 3.41. The molecule has 1 N–H and O–H groups in total. The minimum Gasteiger partial charge on any atom is -0.317 e. The zero-order chi connectivity index (χ0) is 12.7. The Morgan fingerprint density at radius 2 is 2.12 bits per heavy atom. The molecule has 102 valence electrons. The van der Waals surface area contributed by atoms with Gasteiger partial charge in [0.2, 0.25) is 0 Å². The summed E-state index contributed by atoms with van der Waals surface area (Å²) in [5.74, 6) is 0. The van der Waals surface area contributed by atoms with E-state index in [4.69, 9.17) is 0 Å². The van der Waals surface area contributed by atoms with Gasteiger partial charge in [-0.3, -0.25) is 4.90 Å². The normalized spacial score (nSPS) is 25.8. The van der Waals surface area contributed by atoms with Crippen LogP contribution in [-0.2, 0) is 0 Å². The lowest BCUT2D eigenvalue weighted by molar-refractivity contribution is 0.144. The van der Waals surface area contributed by atoms with E-state index in [0.29, 0.717) is 6.04 Å². The number of likely N-dealkylation sites (N-methyl/N-ethyl adjacent to an activating group) is 1. The van der Waals surface area contributed by atoms with Crippen LogP contribution < -0.4 is 5.32 Å². The molecule has 3 heteroatoms. The molecule has 1 fully saturated rings. The van der Waals surface area contributed by atoms with Gasteiger partial charge in [-0.1, -0.05) is 6.92 Å². The molecule has 1 heterocycles. The minimum atomic E-state index is 0.705. The Labute approximate surface area is 108 Å². The first-order chi connectivity index (χ1) is 8.15. The number of nitrogens with one attached hydrogen (secondary N) is 1. The summed E-state index contributed by atoms with van der Waals surface area (Å²) in [5.41, 5.74) is 0. The molecule has 1 aliphatic heterocycles. The van der Waals surface area contributed by atoms with Gasteiger partial charge in [-0.15, -0.1) is 0 Å². The summed E-state index contributed by atoms with van der Waals surface area (Å²) in [7, 11) is 2.25. The summed E-state index contributed by atoms with van der Waals surface area (Å²) in [6.45, 7) is 13.0. The molecule has 1 saturated heterocycles. The number of hydrogen-bond acceptors (Lipinski definition) is 3. The fraction of sp³-hybridized carbons (Fsp3) is 1.00. The predicted molar refractivity (Wildman–Crippen MR) is 75.5 cm³/mol. The van der Waals surface area contributed by atoms with Crippen LogP contribution in [0, 0.1) is 0 Å². The van der Waals surface area contributed by atoms with Gasteiger partial charge in [0.15, 0.2) is 0 Å². The van der Waals surface area contributed by atoms with Gasteiger partial charge in [-0.05, 0) is 66.3 Å². The van der Waals surface area contributed by atoms with Crippen molar-refractivity contribution in [2.75, 3.05) is 39.8 Å². The van der Waals surface area contributed by atoms with E-state index in [1.165, 1.54) is 45.4 Å². The van der Waals surface area contributed by atoms with Crippen molar-refractivity contribution in [2.24, 2.45) is 0 Å². The molecule has 0 radical (unpaired) electrons. The van der Waals surface area contributed by atoms with Crippen molar-refractivity contribution in [3.05, 3.63) is 0 Å². The van der Waals surface area contributed by atoms with Crippen LogP contribution in [0.1, 0.15) is 40.0 Å². The van der Waals surface area contributed by atoms with Crippen molar-refractivity contribution in [3.63, 3.8) is 0 Å². The van der Waals surface area contributed by atoms with E-state index in [9.17, 15) is 0 Å². The van der Waals surface area contributed by atoms with Gasteiger partial charge >= 0.3 is 0 Å². The summed E-state index contributed by atoms with van der Waals surface area (Å²) in [4.78, 5) is 5.17. The summed E-state index contributed by atoms with van der Waals surface area (Å²) >= 11 is 0. The van der Waals surface area contributed by atoms with Gasteiger partial charge in [0.1, 0.15) is 0 Å². The average molecular weight is 241 g/mol. The molecule has 0 amide bonds.